The van der Waals surface area contributed by atoms with Crippen molar-refractivity contribution < 1.29 is 0 Å². The summed E-state index contributed by atoms with van der Waals surface area (Å²) in [5, 5.41) is 5.03. The fourth-order valence-corrected chi connectivity index (χ4v) is 9.96. The highest BCUT2D eigenvalue weighted by Gasteiger charge is 2.37. The summed E-state index contributed by atoms with van der Waals surface area (Å²) >= 11 is 0. The van der Waals surface area contributed by atoms with Crippen molar-refractivity contribution in [2.45, 2.75) is 38.5 Å². The fourth-order valence-electron chi connectivity index (χ4n) is 9.96. The topological polar surface area (TPSA) is 3.24 Å². The molecule has 11 rings (SSSR count). The zero-order valence-corrected chi connectivity index (χ0v) is 32.8. The smallest absolute Gasteiger partial charge is 0.0468 e. The molecule has 0 heterocycles. The molecule has 0 aliphatic heterocycles. The van der Waals surface area contributed by atoms with Crippen molar-refractivity contribution in [1.29, 1.82) is 0 Å². The first-order valence-electron chi connectivity index (χ1n) is 20.2. The number of hydrogen-bond acceptors (Lipinski definition) is 1. The summed E-state index contributed by atoms with van der Waals surface area (Å²) in [6, 6.07) is 70.1. The van der Waals surface area contributed by atoms with Gasteiger partial charge < -0.3 is 4.90 Å². The standard InChI is InChI=1S/C56H43N/c1-55(2)51-19-10-9-17-47(51)48-29-23-40(33-52(48)55)37-20-25-42(26-21-37)57(43-27-22-36-12-5-6-14-39(36)32-43)44-28-31-50-49-30-24-41(34-53(49)56(3,4)54(50)35-44)46-18-11-15-38-13-7-8-16-45(38)46/h5-35H,1-4H3. The molecule has 2 aliphatic carbocycles. The van der Waals surface area contributed by atoms with E-state index in [0.29, 0.717) is 0 Å². The second-order valence-corrected chi connectivity index (χ2v) is 17.0. The molecular weight excluding hydrogens is 687 g/mol. The predicted octanol–water partition coefficient (Wildman–Crippen LogP) is 15.4. The Kier molecular flexibility index (Phi) is 7.32. The molecule has 57 heavy (non-hydrogen) atoms. The first kappa shape index (κ1) is 33.6. The minimum Gasteiger partial charge on any atom is -0.310 e. The van der Waals surface area contributed by atoms with Crippen LogP contribution in [0.1, 0.15) is 49.9 Å². The predicted molar refractivity (Wildman–Crippen MR) is 242 cm³/mol. The zero-order chi connectivity index (χ0) is 38.5. The van der Waals surface area contributed by atoms with Crippen LogP contribution in [0.5, 0.6) is 0 Å². The average molecular weight is 730 g/mol. The van der Waals surface area contributed by atoms with Gasteiger partial charge in [-0.05, 0) is 137 Å². The molecule has 0 radical (unpaired) electrons. The molecule has 0 unspecified atom stereocenters. The Morgan fingerprint density at radius 2 is 0.789 bits per heavy atom. The SMILES string of the molecule is CC1(C)c2ccccc2-c2ccc(-c3ccc(N(c4ccc5c(c4)C(C)(C)c4cc(-c6cccc7ccccc67)ccc4-5)c4ccc5ccccc5c4)cc3)cc21. The highest BCUT2D eigenvalue weighted by atomic mass is 15.1. The molecule has 9 aromatic carbocycles. The quantitative estimate of drug-likeness (QED) is 0.170. The highest BCUT2D eigenvalue weighted by Crippen LogP contribution is 2.53. The van der Waals surface area contributed by atoms with E-state index < -0.39 is 0 Å². The molecule has 272 valence electrons. The van der Waals surface area contributed by atoms with Crippen molar-refractivity contribution in [3.8, 4) is 44.5 Å². The number of benzene rings is 9. The van der Waals surface area contributed by atoms with E-state index in [0.717, 1.165) is 17.1 Å². The number of anilines is 3. The lowest BCUT2D eigenvalue weighted by Gasteiger charge is -2.28. The van der Waals surface area contributed by atoms with Crippen LogP contribution in [0.15, 0.2) is 188 Å². The number of fused-ring (bicyclic) bond motifs is 8. The third kappa shape index (κ3) is 5.15. The Hall–Kier alpha value is -6.70. The van der Waals surface area contributed by atoms with Gasteiger partial charge in [0, 0.05) is 27.9 Å². The highest BCUT2D eigenvalue weighted by molar-refractivity contribution is 5.98. The van der Waals surface area contributed by atoms with Gasteiger partial charge in [0.25, 0.3) is 0 Å². The molecule has 0 N–H and O–H groups in total. The van der Waals surface area contributed by atoms with Crippen LogP contribution in [0.4, 0.5) is 17.1 Å². The Bertz CT molecular complexity index is 3070. The minimum absolute atomic E-state index is 0.0345. The van der Waals surface area contributed by atoms with Crippen LogP contribution in [-0.4, -0.2) is 0 Å². The summed E-state index contributed by atoms with van der Waals surface area (Å²) in [5.74, 6) is 0. The van der Waals surface area contributed by atoms with Gasteiger partial charge in [-0.3, -0.25) is 0 Å². The Morgan fingerprint density at radius 3 is 1.58 bits per heavy atom. The lowest BCUT2D eigenvalue weighted by Crippen LogP contribution is -2.16. The van der Waals surface area contributed by atoms with Crippen molar-refractivity contribution in [2.24, 2.45) is 0 Å². The molecule has 9 aromatic rings. The maximum absolute atomic E-state index is 2.44. The summed E-state index contributed by atoms with van der Waals surface area (Å²) in [6.45, 7) is 9.48. The molecule has 2 aliphatic rings. The van der Waals surface area contributed by atoms with Gasteiger partial charge in [0.2, 0.25) is 0 Å². The van der Waals surface area contributed by atoms with Crippen LogP contribution in [0.25, 0.3) is 66.1 Å². The molecule has 0 fully saturated rings. The molecule has 0 atom stereocenters. The molecule has 0 saturated carbocycles. The van der Waals surface area contributed by atoms with E-state index in [-0.39, 0.29) is 10.8 Å². The van der Waals surface area contributed by atoms with E-state index in [9.17, 15) is 0 Å². The third-order valence-electron chi connectivity index (χ3n) is 13.1. The van der Waals surface area contributed by atoms with Gasteiger partial charge >= 0.3 is 0 Å². The molecule has 1 nitrogen and oxygen atoms in total. The summed E-state index contributed by atoms with van der Waals surface area (Å²) in [4.78, 5) is 2.43. The molecule has 0 saturated heterocycles. The first-order chi connectivity index (χ1) is 27.8. The fraction of sp³-hybridized carbons (Fsp3) is 0.107. The largest absolute Gasteiger partial charge is 0.310 e. The van der Waals surface area contributed by atoms with E-state index in [2.05, 4.69) is 221 Å². The minimum atomic E-state index is -0.179. The monoisotopic (exact) mass is 729 g/mol. The lowest BCUT2D eigenvalue weighted by atomic mass is 9.81. The number of hydrogen-bond donors (Lipinski definition) is 0. The Labute approximate surface area is 335 Å². The van der Waals surface area contributed by atoms with E-state index >= 15 is 0 Å². The summed E-state index contributed by atoms with van der Waals surface area (Å²) in [5.41, 5.74) is 19.1. The second-order valence-electron chi connectivity index (χ2n) is 17.0. The van der Waals surface area contributed by atoms with Gasteiger partial charge in [0.05, 0.1) is 0 Å². The normalized spacial score (nSPS) is 14.2. The van der Waals surface area contributed by atoms with Gasteiger partial charge in [0.15, 0.2) is 0 Å². The van der Waals surface area contributed by atoms with Crippen molar-refractivity contribution in [1.82, 2.24) is 0 Å². The van der Waals surface area contributed by atoms with Crippen LogP contribution in [-0.2, 0) is 10.8 Å². The molecule has 0 amide bonds. The van der Waals surface area contributed by atoms with Crippen LogP contribution in [0.3, 0.4) is 0 Å². The molecule has 0 aromatic heterocycles. The first-order valence-corrected chi connectivity index (χ1v) is 20.2. The maximum atomic E-state index is 2.44. The van der Waals surface area contributed by atoms with Gasteiger partial charge in [-0.1, -0.05) is 167 Å². The molecule has 0 spiro atoms. The second kappa shape index (κ2) is 12.4. The third-order valence-corrected chi connectivity index (χ3v) is 13.1. The number of nitrogens with zero attached hydrogens (tertiary/aromatic N) is 1. The van der Waals surface area contributed by atoms with Crippen LogP contribution in [0.2, 0.25) is 0 Å². The Balaban J connectivity index is 0.998. The van der Waals surface area contributed by atoms with Gasteiger partial charge in [-0.15, -0.1) is 0 Å². The van der Waals surface area contributed by atoms with Crippen LogP contribution in [0, 0.1) is 0 Å². The Morgan fingerprint density at radius 1 is 0.298 bits per heavy atom. The maximum Gasteiger partial charge on any atom is 0.0468 e. The van der Waals surface area contributed by atoms with Crippen molar-refractivity contribution in [2.75, 3.05) is 4.90 Å². The summed E-state index contributed by atoms with van der Waals surface area (Å²) in [7, 11) is 0. The molecular formula is C56H43N. The van der Waals surface area contributed by atoms with Crippen molar-refractivity contribution in [3.05, 3.63) is 210 Å². The van der Waals surface area contributed by atoms with E-state index in [1.807, 2.05) is 0 Å². The zero-order valence-electron chi connectivity index (χ0n) is 32.8. The van der Waals surface area contributed by atoms with Gasteiger partial charge in [0.1, 0.15) is 0 Å². The van der Waals surface area contributed by atoms with E-state index in [1.54, 1.807) is 0 Å². The van der Waals surface area contributed by atoms with Crippen LogP contribution < -0.4 is 4.90 Å². The van der Waals surface area contributed by atoms with Gasteiger partial charge in [-0.25, -0.2) is 0 Å². The summed E-state index contributed by atoms with van der Waals surface area (Å²) < 4.78 is 0. The molecule has 1 heteroatoms. The lowest BCUT2D eigenvalue weighted by molar-refractivity contribution is 0.660. The van der Waals surface area contributed by atoms with E-state index in [1.165, 1.54) is 88.3 Å². The van der Waals surface area contributed by atoms with Crippen molar-refractivity contribution in [3.63, 3.8) is 0 Å². The molecule has 0 bridgehead atoms. The van der Waals surface area contributed by atoms with Gasteiger partial charge in [-0.2, -0.15) is 0 Å². The summed E-state index contributed by atoms with van der Waals surface area (Å²) in [6.07, 6.45) is 0. The van der Waals surface area contributed by atoms with E-state index in [4.69, 9.17) is 0 Å². The van der Waals surface area contributed by atoms with Crippen LogP contribution >= 0.6 is 0 Å². The van der Waals surface area contributed by atoms with Crippen molar-refractivity contribution >= 4 is 38.6 Å². The average Bonchev–Trinajstić information content (AvgIpc) is 3.62. The number of rotatable bonds is 5.